The van der Waals surface area contributed by atoms with Gasteiger partial charge in [0.1, 0.15) is 17.2 Å². The minimum Gasteiger partial charge on any atom is -0.488 e. The third-order valence-corrected chi connectivity index (χ3v) is 5.33. The van der Waals surface area contributed by atoms with E-state index in [1.165, 1.54) is 16.8 Å². The Morgan fingerprint density at radius 2 is 2.10 bits per heavy atom. The standard InChI is InChI=1S/C21H21F2N3O5/c1-3-30-19-17-21(29)26-11(2)10-31-16(26)9-25(17)8-14(18(19)27)20(28)24-7-12-4-5-13(22)6-15(12)23/h4-6,8,11,16H,3,7,9-10H2,1-2H3,(H,24,28)/t11-,16+/m0/s1. The van der Waals surface area contributed by atoms with Crippen molar-refractivity contribution in [1.29, 1.82) is 0 Å². The Hall–Kier alpha value is -3.27. The lowest BCUT2D eigenvalue weighted by Gasteiger charge is -2.34. The largest absolute Gasteiger partial charge is 0.488 e. The first-order valence-corrected chi connectivity index (χ1v) is 9.88. The van der Waals surface area contributed by atoms with Gasteiger partial charge < -0.3 is 24.3 Å². The molecule has 2 aromatic rings. The second-order valence-electron chi connectivity index (χ2n) is 7.40. The van der Waals surface area contributed by atoms with Crippen LogP contribution in [0.5, 0.6) is 5.75 Å². The minimum atomic E-state index is -0.810. The second kappa shape index (κ2) is 8.10. The molecule has 8 nitrogen and oxygen atoms in total. The molecule has 0 radical (unpaired) electrons. The Morgan fingerprint density at radius 1 is 1.32 bits per heavy atom. The number of carbonyl (C=O) groups is 2. The van der Waals surface area contributed by atoms with Gasteiger partial charge in [-0.1, -0.05) is 6.07 Å². The quantitative estimate of drug-likeness (QED) is 0.775. The molecule has 0 bridgehead atoms. The zero-order chi connectivity index (χ0) is 22.3. The summed E-state index contributed by atoms with van der Waals surface area (Å²) in [4.78, 5) is 40.3. The van der Waals surface area contributed by atoms with Gasteiger partial charge in [-0.3, -0.25) is 14.4 Å². The van der Waals surface area contributed by atoms with Crippen molar-refractivity contribution in [2.45, 2.75) is 39.2 Å². The van der Waals surface area contributed by atoms with Crippen LogP contribution in [-0.4, -0.2) is 46.8 Å². The van der Waals surface area contributed by atoms with Gasteiger partial charge in [0.2, 0.25) is 5.43 Å². The van der Waals surface area contributed by atoms with Crippen LogP contribution < -0.4 is 15.5 Å². The third-order valence-electron chi connectivity index (χ3n) is 5.33. The molecule has 4 rings (SSSR count). The summed E-state index contributed by atoms with van der Waals surface area (Å²) in [5.41, 5.74) is -0.842. The Balaban J connectivity index is 1.67. The molecular weight excluding hydrogens is 412 g/mol. The SMILES string of the molecule is CCOc1c2n(cc(C(=O)NCc3ccc(F)cc3F)c1=O)C[C@H]1OC[C@H](C)N1C2=O. The molecule has 2 aliphatic rings. The number of hydrogen-bond acceptors (Lipinski definition) is 5. The molecule has 0 saturated carbocycles. The van der Waals surface area contributed by atoms with Crippen molar-refractivity contribution in [2.75, 3.05) is 13.2 Å². The zero-order valence-electron chi connectivity index (χ0n) is 17.0. The molecule has 0 spiro atoms. The van der Waals surface area contributed by atoms with Crippen LogP contribution in [0.2, 0.25) is 0 Å². The lowest BCUT2D eigenvalue weighted by Crippen LogP contribution is -2.49. The highest BCUT2D eigenvalue weighted by atomic mass is 19.1. The summed E-state index contributed by atoms with van der Waals surface area (Å²) >= 11 is 0. The molecule has 0 aliphatic carbocycles. The number of rotatable bonds is 5. The van der Waals surface area contributed by atoms with Crippen LogP contribution in [0, 0.1) is 11.6 Å². The zero-order valence-corrected chi connectivity index (χ0v) is 17.0. The van der Waals surface area contributed by atoms with E-state index >= 15 is 0 Å². The number of nitrogens with zero attached hydrogens (tertiary/aromatic N) is 2. The van der Waals surface area contributed by atoms with Gasteiger partial charge in [0.05, 0.1) is 25.8 Å². The first kappa shape index (κ1) is 21.0. The normalized spacial score (nSPS) is 19.7. The van der Waals surface area contributed by atoms with E-state index in [9.17, 15) is 23.2 Å². The average molecular weight is 433 g/mol. The monoisotopic (exact) mass is 433 g/mol. The van der Waals surface area contributed by atoms with Gasteiger partial charge in [-0.25, -0.2) is 8.78 Å². The van der Waals surface area contributed by atoms with Crippen LogP contribution in [-0.2, 0) is 17.8 Å². The molecule has 2 aliphatic heterocycles. The average Bonchev–Trinajstić information content (AvgIpc) is 3.10. The topological polar surface area (TPSA) is 89.9 Å². The van der Waals surface area contributed by atoms with E-state index in [2.05, 4.69) is 5.32 Å². The number of hydrogen-bond donors (Lipinski definition) is 1. The summed E-state index contributed by atoms with van der Waals surface area (Å²) in [6.07, 6.45) is 0.786. The predicted molar refractivity (Wildman–Crippen MR) is 105 cm³/mol. The van der Waals surface area contributed by atoms with Gasteiger partial charge in [0.25, 0.3) is 11.8 Å². The number of ether oxygens (including phenoxy) is 2. The fraction of sp³-hybridized carbons (Fsp3) is 0.381. The van der Waals surface area contributed by atoms with E-state index in [0.717, 1.165) is 6.07 Å². The fourth-order valence-corrected chi connectivity index (χ4v) is 3.84. The van der Waals surface area contributed by atoms with E-state index in [1.54, 1.807) is 11.8 Å². The molecule has 1 saturated heterocycles. The van der Waals surface area contributed by atoms with Gasteiger partial charge in [-0.15, -0.1) is 0 Å². The van der Waals surface area contributed by atoms with Crippen molar-refractivity contribution >= 4 is 11.8 Å². The van der Waals surface area contributed by atoms with Crippen LogP contribution in [0.3, 0.4) is 0 Å². The van der Waals surface area contributed by atoms with E-state index in [1.807, 2.05) is 6.92 Å². The molecule has 2 atom stereocenters. The summed E-state index contributed by atoms with van der Waals surface area (Å²) in [5, 5.41) is 2.46. The van der Waals surface area contributed by atoms with Crippen molar-refractivity contribution in [3.8, 4) is 5.75 Å². The second-order valence-corrected chi connectivity index (χ2v) is 7.40. The molecule has 1 N–H and O–H groups in total. The fourth-order valence-electron chi connectivity index (χ4n) is 3.84. The first-order valence-electron chi connectivity index (χ1n) is 9.88. The van der Waals surface area contributed by atoms with Gasteiger partial charge in [0, 0.05) is 24.4 Å². The Kier molecular flexibility index (Phi) is 5.48. The maximum Gasteiger partial charge on any atom is 0.276 e. The number of nitrogens with one attached hydrogen (secondary N) is 1. The summed E-state index contributed by atoms with van der Waals surface area (Å²) in [6.45, 7) is 4.00. The lowest BCUT2D eigenvalue weighted by atomic mass is 10.1. The van der Waals surface area contributed by atoms with Gasteiger partial charge in [0.15, 0.2) is 17.7 Å². The van der Waals surface area contributed by atoms with Crippen molar-refractivity contribution in [3.05, 3.63) is 63.1 Å². The number of benzene rings is 1. The predicted octanol–water partition coefficient (Wildman–Crippen LogP) is 1.66. The Labute approximate surface area is 176 Å². The first-order chi connectivity index (χ1) is 14.8. The van der Waals surface area contributed by atoms with E-state index in [-0.39, 0.29) is 48.3 Å². The molecule has 1 aromatic heterocycles. The lowest BCUT2D eigenvalue weighted by molar-refractivity contribution is 0.00612. The number of aromatic nitrogens is 1. The smallest absolute Gasteiger partial charge is 0.276 e. The van der Waals surface area contributed by atoms with Crippen molar-refractivity contribution in [1.82, 2.24) is 14.8 Å². The third kappa shape index (κ3) is 3.67. The van der Waals surface area contributed by atoms with E-state index in [4.69, 9.17) is 9.47 Å². The number of halogens is 2. The molecule has 10 heteroatoms. The highest BCUT2D eigenvalue weighted by Gasteiger charge is 2.43. The molecule has 1 aromatic carbocycles. The maximum atomic E-state index is 13.8. The summed E-state index contributed by atoms with van der Waals surface area (Å²) in [7, 11) is 0. The number of carbonyl (C=O) groups excluding carboxylic acids is 2. The molecule has 3 heterocycles. The molecule has 31 heavy (non-hydrogen) atoms. The Bertz CT molecular complexity index is 1120. The van der Waals surface area contributed by atoms with Crippen molar-refractivity contribution in [3.63, 3.8) is 0 Å². The highest BCUT2D eigenvalue weighted by molar-refractivity contribution is 5.99. The van der Waals surface area contributed by atoms with Crippen LogP contribution in [0.4, 0.5) is 8.78 Å². The van der Waals surface area contributed by atoms with Gasteiger partial charge >= 0.3 is 0 Å². The van der Waals surface area contributed by atoms with Crippen LogP contribution in [0.25, 0.3) is 0 Å². The Morgan fingerprint density at radius 3 is 2.81 bits per heavy atom. The molecule has 2 amide bonds. The molecule has 164 valence electrons. The highest BCUT2D eigenvalue weighted by Crippen LogP contribution is 2.30. The van der Waals surface area contributed by atoms with Crippen molar-refractivity contribution in [2.24, 2.45) is 0 Å². The van der Waals surface area contributed by atoms with E-state index in [0.29, 0.717) is 12.7 Å². The summed E-state index contributed by atoms with van der Waals surface area (Å²) < 4.78 is 39.5. The molecular formula is C21H21F2N3O5. The summed E-state index contributed by atoms with van der Waals surface area (Å²) in [6, 6.07) is 2.85. The molecule has 1 fully saturated rings. The minimum absolute atomic E-state index is 0.0667. The van der Waals surface area contributed by atoms with Crippen LogP contribution in [0.1, 0.15) is 40.3 Å². The van der Waals surface area contributed by atoms with Gasteiger partial charge in [-0.05, 0) is 19.9 Å². The number of amides is 2. The maximum absolute atomic E-state index is 13.8. The molecule has 0 unspecified atom stereocenters. The number of pyridine rings is 1. The van der Waals surface area contributed by atoms with E-state index < -0.39 is 35.1 Å². The van der Waals surface area contributed by atoms with Crippen LogP contribution >= 0.6 is 0 Å². The summed E-state index contributed by atoms with van der Waals surface area (Å²) in [5.74, 6) is -2.91. The van der Waals surface area contributed by atoms with Crippen LogP contribution in [0.15, 0.2) is 29.2 Å². The van der Waals surface area contributed by atoms with Crippen molar-refractivity contribution < 1.29 is 27.8 Å². The number of fused-ring (bicyclic) bond motifs is 2. The van der Waals surface area contributed by atoms with Gasteiger partial charge in [-0.2, -0.15) is 0 Å².